The lowest BCUT2D eigenvalue weighted by Crippen LogP contribution is -1.98. The van der Waals surface area contributed by atoms with E-state index in [0.717, 1.165) is 5.69 Å². The molecule has 3 aromatic heterocycles. The van der Waals surface area contributed by atoms with Gasteiger partial charge in [0.05, 0.1) is 12.0 Å². The Morgan fingerprint density at radius 1 is 1.17 bits per heavy atom. The fraction of sp³-hybridized carbons (Fsp3) is 0. The molecule has 0 saturated heterocycles. The average Bonchev–Trinajstić information content (AvgIpc) is 3.33. The van der Waals surface area contributed by atoms with Gasteiger partial charge in [-0.25, -0.2) is 9.78 Å². The minimum Gasteiger partial charge on any atom is -0.463 e. The van der Waals surface area contributed by atoms with E-state index in [-0.39, 0.29) is 10.7 Å². The maximum absolute atomic E-state index is 9.68. The number of hydrogen-bond acceptors (Lipinski definition) is 6. The van der Waals surface area contributed by atoms with Gasteiger partial charge in [0.2, 0.25) is 0 Å². The first-order chi connectivity index (χ1) is 11.8. The van der Waals surface area contributed by atoms with Crippen LogP contribution in [0.4, 0.5) is 0 Å². The van der Waals surface area contributed by atoms with Crippen LogP contribution in [0.2, 0.25) is 0 Å². The normalized spacial score (nSPS) is 10.6. The van der Waals surface area contributed by atoms with Crippen LogP contribution in [-0.4, -0.2) is 20.0 Å². The number of nitrogens with one attached hydrogen (secondary N) is 1. The Balaban J connectivity index is 2.05. The van der Waals surface area contributed by atoms with Crippen LogP contribution >= 0.6 is 12.2 Å². The Bertz CT molecular complexity index is 1080. The highest BCUT2D eigenvalue weighted by Gasteiger charge is 2.25. The summed E-state index contributed by atoms with van der Waals surface area (Å²) in [6, 6.07) is 15.1. The number of aromatic amines is 1. The van der Waals surface area contributed by atoms with Crippen molar-refractivity contribution in [1.29, 1.82) is 5.26 Å². The zero-order valence-corrected chi connectivity index (χ0v) is 12.9. The molecule has 1 N–H and O–H groups in total. The standard InChI is InChI=1S/C16H9N5O2S/c17-9-11-13(15-18-19-16(24)23-15)20-21(10-5-2-1-3-6-10)14(11)12-7-4-8-22-12/h1-8H,(H,19,24). The number of H-pyrrole nitrogens is 1. The Morgan fingerprint density at radius 3 is 2.62 bits per heavy atom. The quantitative estimate of drug-likeness (QED) is 0.573. The van der Waals surface area contributed by atoms with E-state index in [2.05, 4.69) is 21.4 Å². The van der Waals surface area contributed by atoms with Gasteiger partial charge in [-0.15, -0.1) is 5.10 Å². The molecule has 0 unspecified atom stereocenters. The van der Waals surface area contributed by atoms with Crippen molar-refractivity contribution in [3.63, 3.8) is 0 Å². The second kappa shape index (κ2) is 5.64. The lowest BCUT2D eigenvalue weighted by molar-refractivity contribution is 0.549. The smallest absolute Gasteiger partial charge is 0.284 e. The molecule has 4 aromatic rings. The molecule has 3 heterocycles. The summed E-state index contributed by atoms with van der Waals surface area (Å²) in [6.45, 7) is 0. The van der Waals surface area contributed by atoms with E-state index in [1.54, 1.807) is 23.1 Å². The van der Waals surface area contributed by atoms with E-state index in [1.165, 1.54) is 0 Å². The molecule has 0 bridgehead atoms. The van der Waals surface area contributed by atoms with E-state index < -0.39 is 0 Å². The van der Waals surface area contributed by atoms with Crippen molar-refractivity contribution < 1.29 is 8.83 Å². The molecule has 0 aliphatic carbocycles. The Kier molecular flexibility index (Phi) is 3.33. The largest absolute Gasteiger partial charge is 0.463 e. The van der Waals surface area contributed by atoms with Crippen molar-refractivity contribution in [2.45, 2.75) is 0 Å². The highest BCUT2D eigenvalue weighted by molar-refractivity contribution is 7.71. The van der Waals surface area contributed by atoms with E-state index in [4.69, 9.17) is 21.1 Å². The zero-order chi connectivity index (χ0) is 16.5. The number of nitrogens with zero attached hydrogens (tertiary/aromatic N) is 4. The maximum Gasteiger partial charge on any atom is 0.284 e. The topological polar surface area (TPSA) is 96.6 Å². The van der Waals surface area contributed by atoms with E-state index in [0.29, 0.717) is 22.7 Å². The van der Waals surface area contributed by atoms with E-state index in [9.17, 15) is 5.26 Å². The molecule has 24 heavy (non-hydrogen) atoms. The van der Waals surface area contributed by atoms with Gasteiger partial charge in [0.15, 0.2) is 11.5 Å². The van der Waals surface area contributed by atoms with Crippen LogP contribution in [0.25, 0.3) is 28.7 Å². The van der Waals surface area contributed by atoms with Crippen molar-refractivity contribution in [3.05, 3.63) is 59.1 Å². The molecule has 0 saturated carbocycles. The minimum absolute atomic E-state index is 0.114. The number of hydrogen-bond donors (Lipinski definition) is 1. The first-order valence-electron chi connectivity index (χ1n) is 6.96. The van der Waals surface area contributed by atoms with Crippen LogP contribution in [0.15, 0.2) is 57.6 Å². The summed E-state index contributed by atoms with van der Waals surface area (Å²) in [7, 11) is 0. The molecule has 116 valence electrons. The number of nitriles is 1. The van der Waals surface area contributed by atoms with Crippen LogP contribution in [0.5, 0.6) is 0 Å². The molecule has 4 rings (SSSR count). The second-order valence-corrected chi connectivity index (χ2v) is 5.20. The van der Waals surface area contributed by atoms with Crippen LogP contribution in [0, 0.1) is 16.2 Å². The molecular formula is C16H9N5O2S. The van der Waals surface area contributed by atoms with Crippen molar-refractivity contribution >= 4 is 12.2 Å². The molecule has 1 aromatic carbocycles. The van der Waals surface area contributed by atoms with Gasteiger partial charge in [0, 0.05) is 0 Å². The molecule has 0 spiro atoms. The number of furan rings is 1. The molecule has 0 fully saturated rings. The summed E-state index contributed by atoms with van der Waals surface area (Å²) in [5.41, 5.74) is 1.88. The Hall–Kier alpha value is -3.44. The molecule has 8 heteroatoms. The number of rotatable bonds is 3. The van der Waals surface area contributed by atoms with E-state index in [1.807, 2.05) is 30.3 Å². The first kappa shape index (κ1) is 14.2. The fourth-order valence-corrected chi connectivity index (χ4v) is 2.53. The SMILES string of the molecule is N#Cc1c(-c2n[nH]c(=S)o2)nn(-c2ccccc2)c1-c1ccco1. The van der Waals surface area contributed by atoms with Crippen molar-refractivity contribution in [3.8, 4) is 34.8 Å². The van der Waals surface area contributed by atoms with Crippen molar-refractivity contribution in [2.75, 3.05) is 0 Å². The maximum atomic E-state index is 9.68. The van der Waals surface area contributed by atoms with Crippen molar-refractivity contribution in [2.24, 2.45) is 0 Å². The molecule has 7 nitrogen and oxygen atoms in total. The van der Waals surface area contributed by atoms with Gasteiger partial charge < -0.3 is 8.83 Å². The monoisotopic (exact) mass is 335 g/mol. The summed E-state index contributed by atoms with van der Waals surface area (Å²) in [4.78, 5) is 0.114. The number of aromatic nitrogens is 4. The third kappa shape index (κ3) is 2.24. The second-order valence-electron chi connectivity index (χ2n) is 4.83. The molecule has 0 aliphatic heterocycles. The summed E-state index contributed by atoms with van der Waals surface area (Å²) < 4.78 is 12.4. The van der Waals surface area contributed by atoms with Gasteiger partial charge in [-0.3, -0.25) is 0 Å². The van der Waals surface area contributed by atoms with Gasteiger partial charge >= 0.3 is 0 Å². The average molecular weight is 335 g/mol. The first-order valence-corrected chi connectivity index (χ1v) is 7.37. The molecule has 0 atom stereocenters. The lowest BCUT2D eigenvalue weighted by Gasteiger charge is -2.05. The van der Waals surface area contributed by atoms with Crippen molar-refractivity contribution in [1.82, 2.24) is 20.0 Å². The summed E-state index contributed by atoms with van der Waals surface area (Å²) in [6.07, 6.45) is 1.54. The van der Waals surface area contributed by atoms with Crippen LogP contribution in [0.3, 0.4) is 0 Å². The van der Waals surface area contributed by atoms with Crippen LogP contribution < -0.4 is 0 Å². The van der Waals surface area contributed by atoms with Gasteiger partial charge in [-0.05, 0) is 36.5 Å². The highest BCUT2D eigenvalue weighted by atomic mass is 32.1. The van der Waals surface area contributed by atoms with Crippen LogP contribution in [0.1, 0.15) is 5.56 Å². The van der Waals surface area contributed by atoms with Gasteiger partial charge in [0.25, 0.3) is 10.7 Å². The fourth-order valence-electron chi connectivity index (χ4n) is 2.40. The molecule has 0 amide bonds. The number of para-hydroxylation sites is 1. The third-order valence-electron chi connectivity index (χ3n) is 3.39. The summed E-state index contributed by atoms with van der Waals surface area (Å²) in [5.74, 6) is 0.669. The highest BCUT2D eigenvalue weighted by Crippen LogP contribution is 2.33. The van der Waals surface area contributed by atoms with Crippen LogP contribution in [-0.2, 0) is 0 Å². The molecule has 0 aliphatic rings. The van der Waals surface area contributed by atoms with Gasteiger partial charge in [-0.1, -0.05) is 18.2 Å². The minimum atomic E-state index is 0.114. The summed E-state index contributed by atoms with van der Waals surface area (Å²) in [5, 5.41) is 20.7. The Morgan fingerprint density at radius 2 is 2.00 bits per heavy atom. The Labute approximate surface area is 140 Å². The van der Waals surface area contributed by atoms with Gasteiger partial charge in [0.1, 0.15) is 17.3 Å². The molecule has 0 radical (unpaired) electrons. The predicted molar refractivity (Wildman–Crippen MR) is 86.7 cm³/mol. The molecular weight excluding hydrogens is 326 g/mol. The predicted octanol–water partition coefficient (Wildman–Crippen LogP) is 3.72. The third-order valence-corrected chi connectivity index (χ3v) is 3.57. The number of benzene rings is 1. The van der Waals surface area contributed by atoms with Gasteiger partial charge in [-0.2, -0.15) is 10.4 Å². The van der Waals surface area contributed by atoms with E-state index >= 15 is 0 Å². The lowest BCUT2D eigenvalue weighted by atomic mass is 10.1. The summed E-state index contributed by atoms with van der Waals surface area (Å²) >= 11 is 4.90. The zero-order valence-electron chi connectivity index (χ0n) is 12.1.